The molecule has 2 rings (SSSR count). The number of aryl methyl sites for hydroxylation is 2. The van der Waals surface area contributed by atoms with Gasteiger partial charge in [0.2, 0.25) is 0 Å². The zero-order valence-corrected chi connectivity index (χ0v) is 8.99. The van der Waals surface area contributed by atoms with E-state index in [1.165, 1.54) is 0 Å². The van der Waals surface area contributed by atoms with Gasteiger partial charge < -0.3 is 0 Å². The third-order valence-electron chi connectivity index (χ3n) is 2.77. The summed E-state index contributed by atoms with van der Waals surface area (Å²) in [6.45, 7) is 1.88. The second kappa shape index (κ2) is 3.61. The van der Waals surface area contributed by atoms with Gasteiger partial charge in [0.1, 0.15) is 11.5 Å². The third-order valence-corrected chi connectivity index (χ3v) is 2.77. The number of Topliss-reactive ketones (excluding diaryl/α,β-unsaturated/α-hetero) is 2. The lowest BCUT2D eigenvalue weighted by atomic mass is 10.1. The van der Waals surface area contributed by atoms with Crippen LogP contribution in [0.5, 0.6) is 0 Å². The van der Waals surface area contributed by atoms with Crippen LogP contribution in [0.2, 0.25) is 0 Å². The van der Waals surface area contributed by atoms with Crippen LogP contribution < -0.4 is 0 Å². The van der Waals surface area contributed by atoms with Crippen molar-refractivity contribution in [1.29, 1.82) is 0 Å². The molecule has 0 radical (unpaired) electrons. The molecular weight excluding hydrogens is 192 g/mol. The molecule has 4 heteroatoms. The van der Waals surface area contributed by atoms with E-state index in [1.807, 2.05) is 6.92 Å². The summed E-state index contributed by atoms with van der Waals surface area (Å²) in [6.07, 6.45) is 1.92. The molecule has 80 valence electrons. The van der Waals surface area contributed by atoms with E-state index in [1.54, 1.807) is 17.8 Å². The number of carbonyl (C=O) groups excluding carboxylic acids is 2. The molecule has 1 fully saturated rings. The molecule has 0 spiro atoms. The first-order chi connectivity index (χ1) is 7.08. The fraction of sp³-hybridized carbons (Fsp3) is 0.545. The number of hydrogen-bond acceptors (Lipinski definition) is 3. The third kappa shape index (κ3) is 2.14. The highest BCUT2D eigenvalue weighted by Crippen LogP contribution is 2.31. The van der Waals surface area contributed by atoms with Crippen LogP contribution in [0.25, 0.3) is 0 Å². The molecule has 0 aliphatic heterocycles. The number of carbonyl (C=O) groups is 2. The van der Waals surface area contributed by atoms with Crippen molar-refractivity contribution >= 4 is 11.6 Å². The Bertz CT molecular complexity index is 397. The van der Waals surface area contributed by atoms with Crippen LogP contribution in [0.3, 0.4) is 0 Å². The Morgan fingerprint density at radius 3 is 2.67 bits per heavy atom. The zero-order chi connectivity index (χ0) is 11.0. The van der Waals surface area contributed by atoms with Gasteiger partial charge in [-0.15, -0.1) is 0 Å². The van der Waals surface area contributed by atoms with Gasteiger partial charge in [0.05, 0.1) is 6.42 Å². The summed E-state index contributed by atoms with van der Waals surface area (Å²) < 4.78 is 1.65. The van der Waals surface area contributed by atoms with Crippen LogP contribution in [-0.2, 0) is 11.8 Å². The average molecular weight is 206 g/mol. The van der Waals surface area contributed by atoms with Gasteiger partial charge in [0.15, 0.2) is 5.78 Å². The minimum absolute atomic E-state index is 0.0150. The maximum atomic E-state index is 11.7. The summed E-state index contributed by atoms with van der Waals surface area (Å²) in [5.41, 5.74) is 1.33. The van der Waals surface area contributed by atoms with Gasteiger partial charge in [-0.1, -0.05) is 0 Å². The van der Waals surface area contributed by atoms with Crippen molar-refractivity contribution in [2.24, 2.45) is 13.0 Å². The quantitative estimate of drug-likeness (QED) is 0.551. The molecule has 0 unspecified atom stereocenters. The molecule has 0 bridgehead atoms. The van der Waals surface area contributed by atoms with E-state index in [4.69, 9.17) is 0 Å². The SMILES string of the molecule is Cc1cc(C(=O)CC(=O)C2CC2)nn1C. The normalized spacial score (nSPS) is 15.3. The van der Waals surface area contributed by atoms with Crippen molar-refractivity contribution in [3.8, 4) is 0 Å². The van der Waals surface area contributed by atoms with Gasteiger partial charge >= 0.3 is 0 Å². The second-order valence-corrected chi connectivity index (χ2v) is 4.14. The fourth-order valence-electron chi connectivity index (χ4n) is 1.50. The van der Waals surface area contributed by atoms with Gasteiger partial charge in [0, 0.05) is 18.7 Å². The molecule has 15 heavy (non-hydrogen) atoms. The van der Waals surface area contributed by atoms with Gasteiger partial charge in [-0.25, -0.2) is 0 Å². The Morgan fingerprint density at radius 2 is 2.20 bits per heavy atom. The molecular formula is C11H14N2O2. The lowest BCUT2D eigenvalue weighted by Gasteiger charge is -1.95. The predicted molar refractivity (Wildman–Crippen MR) is 54.6 cm³/mol. The van der Waals surface area contributed by atoms with Crippen molar-refractivity contribution in [1.82, 2.24) is 9.78 Å². The van der Waals surface area contributed by atoms with Crippen LogP contribution >= 0.6 is 0 Å². The molecule has 1 aliphatic carbocycles. The average Bonchev–Trinajstić information content (AvgIpc) is 2.95. The van der Waals surface area contributed by atoms with Gasteiger partial charge in [0.25, 0.3) is 0 Å². The number of rotatable bonds is 4. The maximum absolute atomic E-state index is 11.7. The number of ketones is 2. The lowest BCUT2D eigenvalue weighted by Crippen LogP contribution is -2.10. The highest BCUT2D eigenvalue weighted by atomic mass is 16.1. The van der Waals surface area contributed by atoms with Crippen LogP contribution in [0.1, 0.15) is 35.4 Å². The molecule has 0 atom stereocenters. The summed E-state index contributed by atoms with van der Waals surface area (Å²) in [6, 6.07) is 1.72. The van der Waals surface area contributed by atoms with Crippen molar-refractivity contribution < 1.29 is 9.59 Å². The van der Waals surface area contributed by atoms with Gasteiger partial charge in [-0.05, 0) is 25.8 Å². The zero-order valence-electron chi connectivity index (χ0n) is 8.99. The molecule has 0 amide bonds. The molecule has 0 saturated heterocycles. The topological polar surface area (TPSA) is 52.0 Å². The van der Waals surface area contributed by atoms with Crippen molar-refractivity contribution in [3.05, 3.63) is 17.5 Å². The summed E-state index contributed by atoms with van der Waals surface area (Å²) in [5, 5.41) is 4.06. The summed E-state index contributed by atoms with van der Waals surface area (Å²) >= 11 is 0. The maximum Gasteiger partial charge on any atom is 0.190 e. The highest BCUT2D eigenvalue weighted by molar-refractivity contribution is 6.08. The Labute approximate surface area is 88.3 Å². The predicted octanol–water partition coefficient (Wildman–Crippen LogP) is 1.28. The van der Waals surface area contributed by atoms with E-state index in [-0.39, 0.29) is 23.9 Å². The lowest BCUT2D eigenvalue weighted by molar-refractivity contribution is -0.119. The van der Waals surface area contributed by atoms with E-state index in [0.29, 0.717) is 5.69 Å². The van der Waals surface area contributed by atoms with Crippen LogP contribution in [0.4, 0.5) is 0 Å². The molecule has 1 aliphatic rings. The summed E-state index contributed by atoms with van der Waals surface area (Å²) in [5.74, 6) is 0.0673. The molecule has 1 aromatic heterocycles. The molecule has 0 N–H and O–H groups in total. The minimum Gasteiger partial charge on any atom is -0.299 e. The van der Waals surface area contributed by atoms with Crippen molar-refractivity contribution in [2.45, 2.75) is 26.2 Å². The number of aromatic nitrogens is 2. The Morgan fingerprint density at radius 1 is 1.53 bits per heavy atom. The summed E-state index contributed by atoms with van der Waals surface area (Å²) in [4.78, 5) is 23.1. The smallest absolute Gasteiger partial charge is 0.190 e. The molecule has 1 saturated carbocycles. The van der Waals surface area contributed by atoms with Crippen LogP contribution in [0.15, 0.2) is 6.07 Å². The van der Waals surface area contributed by atoms with Crippen LogP contribution in [0, 0.1) is 12.8 Å². The molecule has 0 aromatic carbocycles. The van der Waals surface area contributed by atoms with Gasteiger partial charge in [-0.3, -0.25) is 14.3 Å². The Hall–Kier alpha value is -1.45. The van der Waals surface area contributed by atoms with E-state index in [2.05, 4.69) is 5.10 Å². The monoisotopic (exact) mass is 206 g/mol. The second-order valence-electron chi connectivity index (χ2n) is 4.14. The fourth-order valence-corrected chi connectivity index (χ4v) is 1.50. The van der Waals surface area contributed by atoms with Crippen molar-refractivity contribution in [3.63, 3.8) is 0 Å². The Kier molecular flexibility index (Phi) is 2.42. The molecule has 1 aromatic rings. The first-order valence-electron chi connectivity index (χ1n) is 5.14. The number of hydrogen-bond donors (Lipinski definition) is 0. The first kappa shape index (κ1) is 10.1. The first-order valence-corrected chi connectivity index (χ1v) is 5.14. The van der Waals surface area contributed by atoms with E-state index in [0.717, 1.165) is 18.5 Å². The van der Waals surface area contributed by atoms with E-state index in [9.17, 15) is 9.59 Å². The minimum atomic E-state index is -0.157. The van der Waals surface area contributed by atoms with E-state index >= 15 is 0 Å². The van der Waals surface area contributed by atoms with Gasteiger partial charge in [-0.2, -0.15) is 5.10 Å². The Balaban J connectivity index is 2.03. The molecule has 4 nitrogen and oxygen atoms in total. The highest BCUT2D eigenvalue weighted by Gasteiger charge is 2.31. The summed E-state index contributed by atoms with van der Waals surface area (Å²) in [7, 11) is 1.79. The largest absolute Gasteiger partial charge is 0.299 e. The van der Waals surface area contributed by atoms with Crippen molar-refractivity contribution in [2.75, 3.05) is 0 Å². The van der Waals surface area contributed by atoms with Crippen LogP contribution in [-0.4, -0.2) is 21.3 Å². The standard InChI is InChI=1S/C11H14N2O2/c1-7-5-9(12-13(7)2)11(15)6-10(14)8-3-4-8/h5,8H,3-4,6H2,1-2H3. The number of nitrogens with zero attached hydrogens (tertiary/aromatic N) is 2. The van der Waals surface area contributed by atoms with E-state index < -0.39 is 0 Å². The molecule has 1 heterocycles.